The zero-order valence-electron chi connectivity index (χ0n) is 10.6. The van der Waals surface area contributed by atoms with E-state index in [0.717, 1.165) is 18.8 Å². The van der Waals surface area contributed by atoms with Crippen LogP contribution in [0.3, 0.4) is 0 Å². The van der Waals surface area contributed by atoms with E-state index < -0.39 is 0 Å². The summed E-state index contributed by atoms with van der Waals surface area (Å²) < 4.78 is 5.89. The van der Waals surface area contributed by atoms with Crippen LogP contribution in [0.2, 0.25) is 0 Å². The minimum atomic E-state index is 0.447. The van der Waals surface area contributed by atoms with E-state index in [1.807, 2.05) is 7.05 Å². The average molecular weight is 219 g/mol. The summed E-state index contributed by atoms with van der Waals surface area (Å²) in [5.74, 6) is 1.64. The number of ether oxygens (including phenoxy) is 1. The van der Waals surface area contributed by atoms with Crippen molar-refractivity contribution in [1.82, 2.24) is 5.32 Å². The van der Waals surface area contributed by atoms with Gasteiger partial charge in [0, 0.05) is 18.0 Å². The number of hydrogen-bond acceptors (Lipinski definition) is 2. The molecule has 0 amide bonds. The monoisotopic (exact) mass is 219 g/mol. The quantitative estimate of drug-likeness (QED) is 0.825. The summed E-state index contributed by atoms with van der Waals surface area (Å²) in [6.45, 7) is 7.43. The topological polar surface area (TPSA) is 21.3 Å². The number of rotatable bonds is 2. The van der Waals surface area contributed by atoms with Crippen LogP contribution in [0.4, 0.5) is 0 Å². The van der Waals surface area contributed by atoms with Crippen LogP contribution in [0.15, 0.2) is 12.1 Å². The summed E-state index contributed by atoms with van der Waals surface area (Å²) in [4.78, 5) is 0. The van der Waals surface area contributed by atoms with Gasteiger partial charge in [0.1, 0.15) is 5.75 Å². The summed E-state index contributed by atoms with van der Waals surface area (Å²) in [6.07, 6.45) is 1.06. The molecule has 0 bridgehead atoms. The van der Waals surface area contributed by atoms with Gasteiger partial charge in [0.25, 0.3) is 0 Å². The lowest BCUT2D eigenvalue weighted by Crippen LogP contribution is -2.25. The molecule has 16 heavy (non-hydrogen) atoms. The number of fused-ring (bicyclic) bond motifs is 1. The standard InChI is InChI=1S/C14H21NO/c1-9(2)11-6-5-10(3)13-12(15-4)7-8-16-14(11)13/h5-6,9,12,15H,7-8H2,1-4H3. The predicted octanol–water partition coefficient (Wildman–Crippen LogP) is 3.16. The van der Waals surface area contributed by atoms with Crippen LogP contribution in [0.25, 0.3) is 0 Å². The molecule has 1 aliphatic heterocycles. The fraction of sp³-hybridized carbons (Fsp3) is 0.571. The minimum absolute atomic E-state index is 0.447. The molecule has 2 nitrogen and oxygen atoms in total. The van der Waals surface area contributed by atoms with E-state index in [2.05, 4.69) is 38.2 Å². The molecule has 2 heteroatoms. The molecule has 1 atom stereocenters. The Balaban J connectivity index is 2.56. The Bertz CT molecular complexity index is 385. The van der Waals surface area contributed by atoms with Gasteiger partial charge in [-0.1, -0.05) is 26.0 Å². The molecule has 0 saturated heterocycles. The summed E-state index contributed by atoms with van der Waals surface area (Å²) in [6, 6.07) is 4.87. The first-order valence-corrected chi connectivity index (χ1v) is 6.08. The van der Waals surface area contributed by atoms with Crippen molar-refractivity contribution in [2.24, 2.45) is 0 Å². The van der Waals surface area contributed by atoms with Crippen molar-refractivity contribution >= 4 is 0 Å². The third-order valence-corrected chi connectivity index (χ3v) is 3.42. The highest BCUT2D eigenvalue weighted by Gasteiger charge is 2.25. The highest BCUT2D eigenvalue weighted by molar-refractivity contribution is 5.50. The Hall–Kier alpha value is -1.02. The van der Waals surface area contributed by atoms with Gasteiger partial charge >= 0.3 is 0 Å². The van der Waals surface area contributed by atoms with Gasteiger partial charge in [0.05, 0.1) is 6.61 Å². The summed E-state index contributed by atoms with van der Waals surface area (Å²) in [7, 11) is 2.03. The third kappa shape index (κ3) is 1.82. The minimum Gasteiger partial charge on any atom is -0.493 e. The second kappa shape index (κ2) is 4.46. The maximum absolute atomic E-state index is 5.89. The lowest BCUT2D eigenvalue weighted by molar-refractivity contribution is 0.253. The zero-order valence-corrected chi connectivity index (χ0v) is 10.6. The van der Waals surface area contributed by atoms with Gasteiger partial charge in [0.15, 0.2) is 0 Å². The fourth-order valence-electron chi connectivity index (χ4n) is 2.48. The maximum Gasteiger partial charge on any atom is 0.127 e. The number of aryl methyl sites for hydroxylation is 1. The van der Waals surface area contributed by atoms with E-state index in [1.165, 1.54) is 16.7 Å². The first kappa shape index (κ1) is 11.5. The Labute approximate surface area is 98.0 Å². The third-order valence-electron chi connectivity index (χ3n) is 3.42. The molecule has 1 aromatic carbocycles. The van der Waals surface area contributed by atoms with Crippen molar-refractivity contribution in [3.63, 3.8) is 0 Å². The van der Waals surface area contributed by atoms with Gasteiger partial charge in [-0.3, -0.25) is 0 Å². The van der Waals surface area contributed by atoms with Crippen molar-refractivity contribution < 1.29 is 4.74 Å². The molecule has 0 aliphatic carbocycles. The van der Waals surface area contributed by atoms with Crippen molar-refractivity contribution in [3.8, 4) is 5.75 Å². The largest absolute Gasteiger partial charge is 0.493 e. The van der Waals surface area contributed by atoms with Crippen LogP contribution < -0.4 is 10.1 Å². The summed E-state index contributed by atoms with van der Waals surface area (Å²) in [5.41, 5.74) is 4.03. The van der Waals surface area contributed by atoms with Crippen LogP contribution in [0, 0.1) is 6.92 Å². The van der Waals surface area contributed by atoms with Gasteiger partial charge in [-0.2, -0.15) is 0 Å². The highest BCUT2D eigenvalue weighted by Crippen LogP contribution is 2.39. The van der Waals surface area contributed by atoms with Crippen LogP contribution in [-0.4, -0.2) is 13.7 Å². The van der Waals surface area contributed by atoms with E-state index in [0.29, 0.717) is 12.0 Å². The Morgan fingerprint density at radius 2 is 2.12 bits per heavy atom. The molecular formula is C14H21NO. The normalized spacial score (nSPS) is 19.4. The highest BCUT2D eigenvalue weighted by atomic mass is 16.5. The van der Waals surface area contributed by atoms with Gasteiger partial charge in [-0.25, -0.2) is 0 Å². The first-order valence-electron chi connectivity index (χ1n) is 6.08. The number of nitrogens with one attached hydrogen (secondary N) is 1. The van der Waals surface area contributed by atoms with Crippen molar-refractivity contribution in [3.05, 3.63) is 28.8 Å². The van der Waals surface area contributed by atoms with Crippen molar-refractivity contribution in [2.45, 2.75) is 39.2 Å². The van der Waals surface area contributed by atoms with Crippen LogP contribution in [0.5, 0.6) is 5.75 Å². The smallest absolute Gasteiger partial charge is 0.127 e. The molecule has 0 saturated carbocycles. The number of benzene rings is 1. The molecule has 0 fully saturated rings. The molecule has 1 unspecified atom stereocenters. The summed E-state index contributed by atoms with van der Waals surface area (Å²) in [5, 5.41) is 3.39. The molecule has 0 spiro atoms. The molecule has 1 aliphatic rings. The van der Waals surface area contributed by atoms with Crippen LogP contribution in [-0.2, 0) is 0 Å². The van der Waals surface area contributed by atoms with Gasteiger partial charge in [-0.15, -0.1) is 0 Å². The molecular weight excluding hydrogens is 198 g/mol. The molecule has 2 rings (SSSR count). The summed E-state index contributed by atoms with van der Waals surface area (Å²) >= 11 is 0. The second-order valence-electron chi connectivity index (χ2n) is 4.85. The predicted molar refractivity (Wildman–Crippen MR) is 67.2 cm³/mol. The van der Waals surface area contributed by atoms with E-state index in [-0.39, 0.29) is 0 Å². The van der Waals surface area contributed by atoms with Crippen molar-refractivity contribution in [2.75, 3.05) is 13.7 Å². The van der Waals surface area contributed by atoms with Crippen LogP contribution >= 0.6 is 0 Å². The molecule has 1 N–H and O–H groups in total. The Kier molecular flexibility index (Phi) is 3.20. The lowest BCUT2D eigenvalue weighted by atomic mass is 9.90. The number of hydrogen-bond donors (Lipinski definition) is 1. The van der Waals surface area contributed by atoms with E-state index in [9.17, 15) is 0 Å². The van der Waals surface area contributed by atoms with Gasteiger partial charge in [0.2, 0.25) is 0 Å². The zero-order chi connectivity index (χ0) is 11.7. The molecule has 0 aromatic heterocycles. The lowest BCUT2D eigenvalue weighted by Gasteiger charge is -2.30. The Morgan fingerprint density at radius 1 is 1.38 bits per heavy atom. The van der Waals surface area contributed by atoms with Crippen LogP contribution in [0.1, 0.15) is 48.9 Å². The molecule has 1 heterocycles. The second-order valence-corrected chi connectivity index (χ2v) is 4.85. The average Bonchev–Trinajstić information content (AvgIpc) is 2.28. The SMILES string of the molecule is CNC1CCOc2c(C(C)C)ccc(C)c21. The van der Waals surface area contributed by atoms with E-state index in [4.69, 9.17) is 4.74 Å². The maximum atomic E-state index is 5.89. The van der Waals surface area contributed by atoms with Gasteiger partial charge in [-0.05, 0) is 31.0 Å². The Morgan fingerprint density at radius 3 is 2.75 bits per heavy atom. The molecule has 0 radical (unpaired) electrons. The first-order chi connectivity index (χ1) is 7.65. The fourth-order valence-corrected chi connectivity index (χ4v) is 2.48. The van der Waals surface area contributed by atoms with Crippen molar-refractivity contribution in [1.29, 1.82) is 0 Å². The van der Waals surface area contributed by atoms with E-state index >= 15 is 0 Å². The molecule has 1 aromatic rings. The van der Waals surface area contributed by atoms with Gasteiger partial charge < -0.3 is 10.1 Å². The van der Waals surface area contributed by atoms with E-state index in [1.54, 1.807) is 0 Å². The molecule has 88 valence electrons.